The van der Waals surface area contributed by atoms with E-state index in [0.717, 1.165) is 32.1 Å². The van der Waals surface area contributed by atoms with Crippen molar-refractivity contribution < 1.29 is 72.8 Å². The molecular formula is C42H100N8O4Pt2-4. The zero-order valence-corrected chi connectivity index (χ0v) is 41.4. The van der Waals surface area contributed by atoms with E-state index in [9.17, 15) is 4.79 Å². The second-order valence-corrected chi connectivity index (χ2v) is 14.5. The molecule has 0 aliphatic carbocycles. The molecular weight excluding hydrogens is 1070 g/mol. The van der Waals surface area contributed by atoms with Gasteiger partial charge in [-0.15, -0.1) is 0 Å². The van der Waals surface area contributed by atoms with Crippen molar-refractivity contribution >= 4 is 5.97 Å². The van der Waals surface area contributed by atoms with E-state index in [1.807, 2.05) is 0 Å². The van der Waals surface area contributed by atoms with Gasteiger partial charge in [0.15, 0.2) is 0 Å². The van der Waals surface area contributed by atoms with Crippen LogP contribution in [-0.2, 0) is 51.8 Å². The molecule has 0 aromatic heterocycles. The monoisotopic (exact) mass is 1170 g/mol. The van der Waals surface area contributed by atoms with Crippen LogP contribution in [-0.4, -0.2) is 62.2 Å². The normalized spacial score (nSPS) is 9.66. The molecule has 12 nitrogen and oxygen atoms in total. The van der Waals surface area contributed by atoms with E-state index in [0.29, 0.717) is 26.1 Å². The van der Waals surface area contributed by atoms with Crippen molar-refractivity contribution in [2.45, 2.75) is 219 Å². The van der Waals surface area contributed by atoms with Gasteiger partial charge in [0.05, 0.1) is 19.7 Å². The van der Waals surface area contributed by atoms with Gasteiger partial charge in [0.2, 0.25) is 0 Å². The van der Waals surface area contributed by atoms with Crippen LogP contribution in [0, 0.1) is 0 Å². The number of aliphatic carboxylic acids is 1. The number of carboxylic acid groups (broad SMARTS) is 1. The molecule has 0 aromatic rings. The molecule has 0 fully saturated rings. The van der Waals surface area contributed by atoms with Crippen molar-refractivity contribution in [2.24, 2.45) is 0 Å². The molecule has 0 unspecified atom stereocenters. The molecule has 0 amide bonds. The van der Waals surface area contributed by atoms with E-state index < -0.39 is 5.97 Å². The fourth-order valence-electron chi connectivity index (χ4n) is 6.01. The zero-order chi connectivity index (χ0) is 37.3. The Kier molecular flexibility index (Phi) is 110. The number of unbranched alkanes of at least 4 members (excludes halogenated alkanes) is 27. The summed E-state index contributed by atoms with van der Waals surface area (Å²) in [6.45, 7) is 11.2. The minimum absolute atomic E-state index is 0. The fraction of sp³-hybridized carbons (Fsp3) is 0.976. The van der Waals surface area contributed by atoms with Gasteiger partial charge < -0.3 is 51.8 Å². The maximum Gasteiger partial charge on any atom is 0.303 e. The van der Waals surface area contributed by atoms with Gasteiger partial charge in [0.25, 0.3) is 0 Å². The molecule has 16 N–H and O–H groups in total. The van der Waals surface area contributed by atoms with Crippen molar-refractivity contribution in [3.63, 3.8) is 0 Å². The first-order valence-corrected chi connectivity index (χ1v) is 22.0. The number of rotatable bonds is 40. The summed E-state index contributed by atoms with van der Waals surface area (Å²) in [6, 6.07) is 0. The Morgan fingerprint density at radius 1 is 0.429 bits per heavy atom. The fourth-order valence-corrected chi connectivity index (χ4v) is 6.01. The third-order valence-corrected chi connectivity index (χ3v) is 9.33. The summed E-state index contributed by atoms with van der Waals surface area (Å²) in [5.41, 5.74) is 14.1. The van der Waals surface area contributed by atoms with E-state index in [1.54, 1.807) is 0 Å². The van der Waals surface area contributed by atoms with E-state index in [-0.39, 0.29) is 66.7 Å². The van der Waals surface area contributed by atoms with Crippen molar-refractivity contribution in [3.05, 3.63) is 36.1 Å². The molecule has 0 spiro atoms. The van der Waals surface area contributed by atoms with E-state index in [1.165, 1.54) is 193 Å². The topological polar surface area (TPSA) is 282 Å². The molecule has 0 heterocycles. The van der Waals surface area contributed by atoms with Gasteiger partial charge in [0.1, 0.15) is 13.1 Å². The molecule has 0 radical (unpaired) electrons. The predicted molar refractivity (Wildman–Crippen MR) is 238 cm³/mol. The summed E-state index contributed by atoms with van der Waals surface area (Å²) in [5.74, 6) is -0.657. The number of nitrogens with one attached hydrogen (secondary N) is 2. The second kappa shape index (κ2) is 79.6. The average Bonchev–Trinajstić information content (AvgIpc) is 3.12. The Morgan fingerprint density at radius 2 is 0.696 bits per heavy atom. The van der Waals surface area contributed by atoms with Crippen molar-refractivity contribution in [1.82, 2.24) is 0 Å². The van der Waals surface area contributed by atoms with Gasteiger partial charge in [0, 0.05) is 48.6 Å². The molecule has 56 heavy (non-hydrogen) atoms. The molecule has 0 aromatic carbocycles. The van der Waals surface area contributed by atoms with Crippen LogP contribution < -0.4 is 10.6 Å². The van der Waals surface area contributed by atoms with Crippen LogP contribution in [0.4, 0.5) is 0 Å². The van der Waals surface area contributed by atoms with Crippen LogP contribution in [0.15, 0.2) is 0 Å². The molecule has 0 bridgehead atoms. The number of quaternary nitrogens is 2. The van der Waals surface area contributed by atoms with E-state index in [4.69, 9.17) is 21.8 Å². The smallest absolute Gasteiger partial charge is 0.303 e. The first kappa shape index (κ1) is 77.1. The van der Waals surface area contributed by atoms with E-state index >= 15 is 0 Å². The first-order chi connectivity index (χ1) is 24.6. The van der Waals surface area contributed by atoms with Crippen molar-refractivity contribution in [3.8, 4) is 0 Å². The Balaban J connectivity index is -0.0000000804. The van der Waals surface area contributed by atoms with Gasteiger partial charge in [-0.2, -0.15) is 13.1 Å². The van der Waals surface area contributed by atoms with Crippen LogP contribution in [0.25, 0.3) is 36.1 Å². The van der Waals surface area contributed by atoms with Crippen molar-refractivity contribution in [2.75, 3.05) is 45.9 Å². The number of nitrogens with two attached hydrogens (primary N) is 6. The number of carboxylic acids is 1. The van der Waals surface area contributed by atoms with E-state index in [2.05, 4.69) is 29.4 Å². The largest absolute Gasteiger partial charge is 0.693 e. The summed E-state index contributed by atoms with van der Waals surface area (Å²) in [6.07, 6.45) is 40.3. The average molecular weight is 1170 g/mol. The maximum absolute atomic E-state index is 10.3. The SMILES string of the molecule is CCCCCCCCCCCCCC(=O)O.CCCCCCCCCCCCCCOO.[NH-]CCCCCC[NH2+]CC[NH2+]CCCCCC[NH-].[NH2-].[NH2-].[NH2-].[NH2-].[Pt].[Pt]. The molecule has 0 saturated carbocycles. The van der Waals surface area contributed by atoms with Gasteiger partial charge in [-0.1, -0.05) is 174 Å². The Labute approximate surface area is 378 Å². The summed E-state index contributed by atoms with van der Waals surface area (Å²) in [7, 11) is 0. The maximum atomic E-state index is 10.3. The van der Waals surface area contributed by atoms with Crippen LogP contribution in [0.2, 0.25) is 0 Å². The van der Waals surface area contributed by atoms with Gasteiger partial charge in [-0.25, -0.2) is 4.89 Å². The quantitative estimate of drug-likeness (QED) is 0.0264. The Hall–Kier alpha value is 0.447. The van der Waals surface area contributed by atoms with Gasteiger partial charge in [-0.3, -0.25) is 10.1 Å². The van der Waals surface area contributed by atoms with Crippen molar-refractivity contribution in [1.29, 1.82) is 0 Å². The number of hydrogen-bond donors (Lipinski definition) is 4. The predicted octanol–water partition coefficient (Wildman–Crippen LogP) is 14.2. The van der Waals surface area contributed by atoms with Gasteiger partial charge >= 0.3 is 5.97 Å². The molecule has 356 valence electrons. The molecule has 0 aliphatic heterocycles. The van der Waals surface area contributed by atoms with Crippen LogP contribution in [0.5, 0.6) is 0 Å². The standard InChI is InChI=1S/C14H32N4.C14H30O2.C14H28O2.4H2N.2Pt/c15-9-5-1-3-7-11-17-13-14-18-12-8-4-2-6-10-16;1-2-3-4-5-6-7-8-9-10-11-12-13-14-16-15;1-2-3-4-5-6-7-8-9-10-11-12-13-14(15)16;;;;;;/h15-18H,1-14H2;15H,2-14H2,1H3;2-13H2,1H3,(H,15,16);4*1H2;;/q-2;;;4*-1;;/p+2. The second-order valence-electron chi connectivity index (χ2n) is 14.5. The summed E-state index contributed by atoms with van der Waals surface area (Å²) in [4.78, 5) is 14.3. The number of hydrogen-bond acceptors (Lipinski definition) is 3. The third-order valence-electron chi connectivity index (χ3n) is 9.33. The number of carbonyl (C=O) groups is 1. The molecule has 0 atom stereocenters. The summed E-state index contributed by atoms with van der Waals surface area (Å²) < 4.78 is 0. The molecule has 0 aliphatic rings. The van der Waals surface area contributed by atoms with Crippen LogP contribution in [0.3, 0.4) is 0 Å². The minimum atomic E-state index is -0.657. The molecule has 14 heteroatoms. The summed E-state index contributed by atoms with van der Waals surface area (Å²) >= 11 is 0. The Bertz CT molecular complexity index is 567. The zero-order valence-electron chi connectivity index (χ0n) is 36.9. The van der Waals surface area contributed by atoms with Crippen LogP contribution in [0.1, 0.15) is 219 Å². The molecule has 0 saturated heterocycles. The van der Waals surface area contributed by atoms with Gasteiger partial charge in [-0.05, 0) is 38.5 Å². The first-order valence-electron chi connectivity index (χ1n) is 22.0. The third kappa shape index (κ3) is 90.5. The van der Waals surface area contributed by atoms with Crippen LogP contribution >= 0.6 is 0 Å². The summed E-state index contributed by atoms with van der Waals surface area (Å²) in [5, 5.41) is 21.4. The Morgan fingerprint density at radius 3 is 0.982 bits per heavy atom. The minimum Gasteiger partial charge on any atom is -0.693 e. The molecule has 0 rings (SSSR count).